The van der Waals surface area contributed by atoms with Crippen LogP contribution in [0.3, 0.4) is 0 Å². The van der Waals surface area contributed by atoms with E-state index in [1.165, 1.54) is 6.07 Å². The van der Waals surface area contributed by atoms with Gasteiger partial charge in [-0.2, -0.15) is 4.98 Å². The molecule has 2 aromatic carbocycles. The molecule has 0 saturated heterocycles. The highest BCUT2D eigenvalue weighted by Crippen LogP contribution is 2.29. The van der Waals surface area contributed by atoms with Gasteiger partial charge in [0, 0.05) is 29.4 Å². The van der Waals surface area contributed by atoms with Crippen molar-refractivity contribution in [2.45, 2.75) is 33.2 Å². The van der Waals surface area contributed by atoms with Crippen LogP contribution in [0, 0.1) is 17.0 Å². The van der Waals surface area contributed by atoms with Gasteiger partial charge in [-0.15, -0.1) is 0 Å². The van der Waals surface area contributed by atoms with E-state index in [2.05, 4.69) is 34.4 Å². The fraction of sp³-hybridized carbons (Fsp3) is 0.238. The number of benzene rings is 2. The van der Waals surface area contributed by atoms with Crippen molar-refractivity contribution < 1.29 is 4.92 Å². The third kappa shape index (κ3) is 4.43. The number of hydrogen-bond acceptors (Lipinski definition) is 6. The Morgan fingerprint density at radius 2 is 1.86 bits per heavy atom. The maximum absolute atomic E-state index is 11.2. The van der Waals surface area contributed by atoms with E-state index in [1.54, 1.807) is 19.1 Å². The van der Waals surface area contributed by atoms with E-state index < -0.39 is 0 Å². The first kappa shape index (κ1) is 19.3. The van der Waals surface area contributed by atoms with Crippen LogP contribution in [0.15, 0.2) is 54.6 Å². The van der Waals surface area contributed by atoms with E-state index in [1.807, 2.05) is 36.4 Å². The Balaban J connectivity index is 2.01. The average molecular weight is 377 g/mol. The van der Waals surface area contributed by atoms with Crippen LogP contribution in [0.2, 0.25) is 0 Å². The van der Waals surface area contributed by atoms with Gasteiger partial charge in [-0.25, -0.2) is 4.98 Å². The van der Waals surface area contributed by atoms with Crippen molar-refractivity contribution in [3.8, 4) is 11.3 Å². The van der Waals surface area contributed by atoms with Crippen LogP contribution < -0.4 is 10.6 Å². The van der Waals surface area contributed by atoms with Crippen molar-refractivity contribution in [1.29, 1.82) is 0 Å². The summed E-state index contributed by atoms with van der Waals surface area (Å²) < 4.78 is 0. The predicted molar refractivity (Wildman–Crippen MR) is 112 cm³/mol. The van der Waals surface area contributed by atoms with Gasteiger partial charge in [0.2, 0.25) is 5.95 Å². The number of nitrogens with zero attached hydrogens (tertiary/aromatic N) is 3. The molecule has 28 heavy (non-hydrogen) atoms. The summed E-state index contributed by atoms with van der Waals surface area (Å²) in [6, 6.07) is 16.8. The number of nitro benzene ring substituents is 1. The highest BCUT2D eigenvalue weighted by molar-refractivity contribution is 5.70. The molecule has 0 aliphatic carbocycles. The van der Waals surface area contributed by atoms with Crippen LogP contribution in [-0.4, -0.2) is 20.9 Å². The predicted octanol–water partition coefficient (Wildman–Crippen LogP) is 5.31. The molecule has 1 atom stereocenters. The maximum atomic E-state index is 11.2. The summed E-state index contributed by atoms with van der Waals surface area (Å²) in [4.78, 5) is 20.0. The highest BCUT2D eigenvalue weighted by atomic mass is 16.6. The summed E-state index contributed by atoms with van der Waals surface area (Å²) in [6.45, 7) is 5.87. The van der Waals surface area contributed by atoms with E-state index in [9.17, 15) is 10.1 Å². The summed E-state index contributed by atoms with van der Waals surface area (Å²) in [5, 5.41) is 17.7. The Morgan fingerprint density at radius 1 is 1.11 bits per heavy atom. The molecule has 7 heteroatoms. The van der Waals surface area contributed by atoms with Crippen molar-refractivity contribution in [2.24, 2.45) is 0 Å². The largest absolute Gasteiger partial charge is 0.352 e. The maximum Gasteiger partial charge on any atom is 0.274 e. The molecule has 1 heterocycles. The smallest absolute Gasteiger partial charge is 0.274 e. The van der Waals surface area contributed by atoms with Crippen molar-refractivity contribution >= 4 is 23.1 Å². The zero-order valence-corrected chi connectivity index (χ0v) is 16.1. The Hall–Kier alpha value is -3.48. The molecule has 3 aromatic rings. The summed E-state index contributed by atoms with van der Waals surface area (Å²) in [6.07, 6.45) is 0.936. The van der Waals surface area contributed by atoms with Gasteiger partial charge < -0.3 is 10.6 Å². The minimum atomic E-state index is -0.383. The molecule has 1 aromatic heterocycles. The van der Waals surface area contributed by atoms with Crippen molar-refractivity contribution in [3.63, 3.8) is 0 Å². The van der Waals surface area contributed by atoms with E-state index in [0.717, 1.165) is 17.7 Å². The molecule has 7 nitrogen and oxygen atoms in total. The lowest BCUT2D eigenvalue weighted by Gasteiger charge is -2.15. The molecule has 0 aliphatic heterocycles. The first-order valence-electron chi connectivity index (χ1n) is 9.20. The number of aromatic nitrogens is 2. The normalized spacial score (nSPS) is 11.7. The third-order valence-electron chi connectivity index (χ3n) is 4.55. The SMILES string of the molecule is CC[C@H](C)Nc1nc(Nc2cccc([N+](=O)[O-])c2C)cc(-c2ccccc2)n1. The zero-order chi connectivity index (χ0) is 20.1. The Morgan fingerprint density at radius 3 is 2.54 bits per heavy atom. The molecular formula is C21H23N5O2. The second-order valence-corrected chi connectivity index (χ2v) is 6.61. The number of nitrogens with one attached hydrogen (secondary N) is 2. The lowest BCUT2D eigenvalue weighted by molar-refractivity contribution is -0.385. The minimum Gasteiger partial charge on any atom is -0.352 e. The highest BCUT2D eigenvalue weighted by Gasteiger charge is 2.15. The van der Waals surface area contributed by atoms with Gasteiger partial charge in [0.15, 0.2) is 0 Å². The van der Waals surface area contributed by atoms with Crippen LogP contribution in [0.1, 0.15) is 25.8 Å². The van der Waals surface area contributed by atoms with E-state index in [0.29, 0.717) is 23.0 Å². The summed E-state index contributed by atoms with van der Waals surface area (Å²) in [7, 11) is 0. The standard InChI is InChI=1S/C21H23N5O2/c1-4-14(2)22-21-24-18(16-9-6-5-7-10-16)13-20(25-21)23-17-11-8-12-19(15(17)3)26(27)28/h5-14H,4H2,1-3H3,(H2,22,23,24,25)/t14-/m0/s1. The quantitative estimate of drug-likeness (QED) is 0.428. The number of nitro groups is 1. The topological polar surface area (TPSA) is 93.0 Å². The molecule has 0 unspecified atom stereocenters. The second kappa shape index (κ2) is 8.47. The summed E-state index contributed by atoms with van der Waals surface area (Å²) in [5.74, 6) is 1.09. The van der Waals surface area contributed by atoms with Crippen LogP contribution >= 0.6 is 0 Å². The van der Waals surface area contributed by atoms with Crippen LogP contribution in [0.4, 0.5) is 23.1 Å². The number of hydrogen-bond donors (Lipinski definition) is 2. The van der Waals surface area contributed by atoms with E-state index in [4.69, 9.17) is 0 Å². The Kier molecular flexibility index (Phi) is 5.84. The molecule has 3 rings (SSSR count). The first-order valence-corrected chi connectivity index (χ1v) is 9.20. The molecule has 0 spiro atoms. The zero-order valence-electron chi connectivity index (χ0n) is 16.1. The van der Waals surface area contributed by atoms with Crippen molar-refractivity contribution in [2.75, 3.05) is 10.6 Å². The van der Waals surface area contributed by atoms with Gasteiger partial charge in [-0.1, -0.05) is 43.3 Å². The fourth-order valence-electron chi connectivity index (χ4n) is 2.75. The molecule has 144 valence electrons. The molecule has 2 N–H and O–H groups in total. The van der Waals surface area contributed by atoms with Crippen LogP contribution in [-0.2, 0) is 0 Å². The molecular weight excluding hydrogens is 354 g/mol. The summed E-state index contributed by atoms with van der Waals surface area (Å²) in [5.41, 5.74) is 3.01. The van der Waals surface area contributed by atoms with Gasteiger partial charge in [-0.3, -0.25) is 10.1 Å². The van der Waals surface area contributed by atoms with Gasteiger partial charge in [-0.05, 0) is 26.3 Å². The molecule has 0 radical (unpaired) electrons. The molecule has 0 bridgehead atoms. The minimum absolute atomic E-state index is 0.0697. The van der Waals surface area contributed by atoms with Gasteiger partial charge in [0.25, 0.3) is 5.69 Å². The fourth-order valence-corrected chi connectivity index (χ4v) is 2.75. The number of anilines is 3. The van der Waals surface area contributed by atoms with E-state index >= 15 is 0 Å². The van der Waals surface area contributed by atoms with Gasteiger partial charge in [0.05, 0.1) is 16.2 Å². The van der Waals surface area contributed by atoms with Gasteiger partial charge >= 0.3 is 0 Å². The number of rotatable bonds is 7. The Labute approximate surface area is 164 Å². The molecule has 0 aliphatic rings. The monoisotopic (exact) mass is 377 g/mol. The lowest BCUT2D eigenvalue weighted by atomic mass is 10.1. The first-order chi connectivity index (χ1) is 13.5. The molecule has 0 saturated carbocycles. The third-order valence-corrected chi connectivity index (χ3v) is 4.55. The van der Waals surface area contributed by atoms with Crippen molar-refractivity contribution in [1.82, 2.24) is 9.97 Å². The molecule has 0 fully saturated rings. The second-order valence-electron chi connectivity index (χ2n) is 6.61. The van der Waals surface area contributed by atoms with E-state index in [-0.39, 0.29) is 16.7 Å². The molecule has 0 amide bonds. The van der Waals surface area contributed by atoms with Crippen LogP contribution in [0.5, 0.6) is 0 Å². The Bertz CT molecular complexity index is 976. The summed E-state index contributed by atoms with van der Waals surface area (Å²) >= 11 is 0. The van der Waals surface area contributed by atoms with Crippen LogP contribution in [0.25, 0.3) is 11.3 Å². The average Bonchev–Trinajstić information content (AvgIpc) is 2.69. The van der Waals surface area contributed by atoms with Crippen molar-refractivity contribution in [3.05, 3.63) is 70.3 Å². The lowest BCUT2D eigenvalue weighted by Crippen LogP contribution is -2.16. The van der Waals surface area contributed by atoms with Gasteiger partial charge in [0.1, 0.15) is 5.82 Å².